The van der Waals surface area contributed by atoms with E-state index >= 15 is 0 Å². The maximum atomic E-state index is 12.2. The molecule has 1 aromatic heterocycles. The minimum absolute atomic E-state index is 0.000964. The number of phenolic OH excluding ortho intramolecular Hbond substituents is 1. The van der Waals surface area contributed by atoms with Crippen LogP contribution in [0.4, 0.5) is 0 Å². The number of ether oxygens (including phenoxy) is 2. The van der Waals surface area contributed by atoms with E-state index in [9.17, 15) is 14.7 Å². The predicted octanol–water partition coefficient (Wildman–Crippen LogP) is 1.86. The molecule has 0 unspecified atom stereocenters. The monoisotopic (exact) mass is 347 g/mol. The van der Waals surface area contributed by atoms with Gasteiger partial charge in [-0.15, -0.1) is 0 Å². The van der Waals surface area contributed by atoms with E-state index in [1.54, 1.807) is 11.0 Å². The van der Waals surface area contributed by atoms with E-state index in [0.717, 1.165) is 5.39 Å². The number of hydrogen-bond donors (Lipinski definition) is 1. The van der Waals surface area contributed by atoms with Crippen molar-refractivity contribution in [2.45, 2.75) is 32.5 Å². The molecule has 1 fully saturated rings. The average molecular weight is 347 g/mol. The van der Waals surface area contributed by atoms with Crippen LogP contribution in [0.15, 0.2) is 28.9 Å². The number of morpholine rings is 1. The van der Waals surface area contributed by atoms with E-state index in [1.165, 1.54) is 18.4 Å². The first kappa shape index (κ1) is 17.3. The number of benzene rings is 1. The molecular weight excluding hydrogens is 326 g/mol. The highest BCUT2D eigenvalue weighted by Crippen LogP contribution is 2.25. The Morgan fingerprint density at radius 3 is 2.72 bits per heavy atom. The number of carbonyl (C=O) groups excluding carboxylic acids is 2. The number of fused-ring (bicyclic) bond motifs is 1. The van der Waals surface area contributed by atoms with Crippen molar-refractivity contribution >= 4 is 22.8 Å². The number of aromatic hydroxyl groups is 1. The van der Waals surface area contributed by atoms with Crippen LogP contribution in [0.5, 0.6) is 5.75 Å². The summed E-state index contributed by atoms with van der Waals surface area (Å²) in [6, 6.07) is 4.68. The van der Waals surface area contributed by atoms with Crippen LogP contribution < -0.4 is 0 Å². The molecule has 1 amide bonds. The van der Waals surface area contributed by atoms with Crippen LogP contribution in [-0.4, -0.2) is 53.8 Å². The zero-order chi connectivity index (χ0) is 18.0. The number of amides is 1. The average Bonchev–Trinajstić information content (AvgIpc) is 2.93. The fraction of sp³-hybridized carbons (Fsp3) is 0.444. The van der Waals surface area contributed by atoms with Crippen LogP contribution in [0.3, 0.4) is 0 Å². The molecule has 1 aromatic carbocycles. The molecule has 2 aromatic rings. The van der Waals surface area contributed by atoms with E-state index in [2.05, 4.69) is 0 Å². The van der Waals surface area contributed by atoms with Gasteiger partial charge in [0.1, 0.15) is 11.3 Å². The molecule has 0 bridgehead atoms. The maximum Gasteiger partial charge on any atom is 0.310 e. The topological polar surface area (TPSA) is 89.2 Å². The lowest BCUT2D eigenvalue weighted by molar-refractivity contribution is -0.156. The van der Waals surface area contributed by atoms with Gasteiger partial charge in [-0.05, 0) is 26.0 Å². The van der Waals surface area contributed by atoms with Gasteiger partial charge in [0.2, 0.25) is 0 Å². The van der Waals surface area contributed by atoms with Crippen LogP contribution >= 0.6 is 0 Å². The van der Waals surface area contributed by atoms with Crippen LogP contribution in [0.25, 0.3) is 11.0 Å². The third kappa shape index (κ3) is 4.11. The zero-order valence-corrected chi connectivity index (χ0v) is 14.2. The van der Waals surface area contributed by atoms with Gasteiger partial charge in [-0.2, -0.15) is 0 Å². The third-order valence-electron chi connectivity index (χ3n) is 4.10. The quantitative estimate of drug-likeness (QED) is 0.849. The first-order valence-corrected chi connectivity index (χ1v) is 8.20. The van der Waals surface area contributed by atoms with E-state index in [-0.39, 0.29) is 36.9 Å². The molecule has 7 nitrogen and oxygen atoms in total. The Kier molecular flexibility index (Phi) is 4.94. The minimum atomic E-state index is -0.501. The molecule has 7 heteroatoms. The second-order valence-electron chi connectivity index (χ2n) is 6.33. The fourth-order valence-corrected chi connectivity index (χ4v) is 3.03. The molecule has 3 rings (SSSR count). The predicted molar refractivity (Wildman–Crippen MR) is 89.1 cm³/mol. The summed E-state index contributed by atoms with van der Waals surface area (Å²) in [5, 5.41) is 10.2. The highest BCUT2D eigenvalue weighted by Gasteiger charge is 2.26. The number of carbonyl (C=O) groups is 2. The summed E-state index contributed by atoms with van der Waals surface area (Å²) < 4.78 is 16.0. The van der Waals surface area contributed by atoms with Gasteiger partial charge in [-0.25, -0.2) is 0 Å². The summed E-state index contributed by atoms with van der Waals surface area (Å²) in [5.41, 5.74) is 1.15. The van der Waals surface area contributed by atoms with E-state index in [0.29, 0.717) is 24.2 Å². The highest BCUT2D eigenvalue weighted by molar-refractivity contribution is 5.87. The van der Waals surface area contributed by atoms with Crippen molar-refractivity contribution in [2.75, 3.05) is 19.7 Å². The summed E-state index contributed by atoms with van der Waals surface area (Å²) in [7, 11) is 0. The van der Waals surface area contributed by atoms with Crippen molar-refractivity contribution in [2.24, 2.45) is 0 Å². The highest BCUT2D eigenvalue weighted by atomic mass is 16.5. The molecular formula is C18H21NO6. The van der Waals surface area contributed by atoms with Gasteiger partial charge >= 0.3 is 5.97 Å². The summed E-state index contributed by atoms with van der Waals surface area (Å²) in [6.07, 6.45) is 1.40. The lowest BCUT2D eigenvalue weighted by atomic mass is 10.1. The van der Waals surface area contributed by atoms with Crippen molar-refractivity contribution in [3.63, 3.8) is 0 Å². The summed E-state index contributed by atoms with van der Waals surface area (Å²) in [6.45, 7) is 4.52. The lowest BCUT2D eigenvalue weighted by Crippen LogP contribution is -2.49. The first-order valence-electron chi connectivity index (χ1n) is 8.20. The van der Waals surface area contributed by atoms with Crippen molar-refractivity contribution < 1.29 is 28.6 Å². The first-order chi connectivity index (χ1) is 11.9. The maximum absolute atomic E-state index is 12.2. The Labute approximate surface area is 145 Å². The molecule has 0 saturated carbocycles. The van der Waals surface area contributed by atoms with Crippen LogP contribution in [0, 0.1) is 0 Å². The molecule has 1 N–H and O–H groups in total. The van der Waals surface area contributed by atoms with E-state index in [4.69, 9.17) is 13.9 Å². The Balaban J connectivity index is 1.54. The van der Waals surface area contributed by atoms with Gasteiger partial charge in [0.25, 0.3) is 5.91 Å². The van der Waals surface area contributed by atoms with Gasteiger partial charge in [-0.3, -0.25) is 9.59 Å². The van der Waals surface area contributed by atoms with Crippen molar-refractivity contribution in [1.82, 2.24) is 4.90 Å². The summed E-state index contributed by atoms with van der Waals surface area (Å²) >= 11 is 0. The number of hydrogen-bond acceptors (Lipinski definition) is 6. The Morgan fingerprint density at radius 1 is 1.28 bits per heavy atom. The van der Waals surface area contributed by atoms with Crippen molar-refractivity contribution in [3.8, 4) is 5.75 Å². The van der Waals surface area contributed by atoms with Gasteiger partial charge < -0.3 is 23.9 Å². The molecule has 0 radical (unpaired) electrons. The third-order valence-corrected chi connectivity index (χ3v) is 4.10. The molecule has 0 spiro atoms. The number of phenols is 1. The SMILES string of the molecule is C[C@@H]1CN(C(=O)COC(=O)Cc2coc3cc(O)ccc23)C[C@H](C)O1. The summed E-state index contributed by atoms with van der Waals surface area (Å²) in [4.78, 5) is 25.9. The minimum Gasteiger partial charge on any atom is -0.508 e. The number of nitrogens with zero attached hydrogens (tertiary/aromatic N) is 1. The lowest BCUT2D eigenvalue weighted by Gasteiger charge is -2.35. The van der Waals surface area contributed by atoms with Gasteiger partial charge in [-0.1, -0.05) is 0 Å². The van der Waals surface area contributed by atoms with E-state index < -0.39 is 5.97 Å². The Hall–Kier alpha value is -2.54. The molecule has 0 aliphatic carbocycles. The number of esters is 1. The summed E-state index contributed by atoms with van der Waals surface area (Å²) in [5.74, 6) is -0.633. The standard InChI is InChI=1S/C18H21NO6/c1-11-7-19(8-12(2)25-11)17(21)10-24-18(22)5-13-9-23-16-6-14(20)3-4-15(13)16/h3-4,6,9,11-12,20H,5,7-8,10H2,1-2H3/t11-,12+. The Bertz CT molecular complexity index is 773. The zero-order valence-electron chi connectivity index (χ0n) is 14.2. The molecule has 1 aliphatic rings. The normalized spacial score (nSPS) is 20.6. The number of rotatable bonds is 4. The molecule has 2 heterocycles. The molecule has 1 aliphatic heterocycles. The number of furan rings is 1. The largest absolute Gasteiger partial charge is 0.508 e. The molecule has 1 saturated heterocycles. The smallest absolute Gasteiger partial charge is 0.310 e. The van der Waals surface area contributed by atoms with Crippen LogP contribution in [-0.2, 0) is 25.5 Å². The van der Waals surface area contributed by atoms with Crippen LogP contribution in [0.1, 0.15) is 19.4 Å². The van der Waals surface area contributed by atoms with Crippen molar-refractivity contribution in [1.29, 1.82) is 0 Å². The van der Waals surface area contributed by atoms with Gasteiger partial charge in [0, 0.05) is 30.1 Å². The fourth-order valence-electron chi connectivity index (χ4n) is 3.03. The Morgan fingerprint density at radius 2 is 2.00 bits per heavy atom. The van der Waals surface area contributed by atoms with Crippen LogP contribution in [0.2, 0.25) is 0 Å². The van der Waals surface area contributed by atoms with E-state index in [1.807, 2.05) is 13.8 Å². The second kappa shape index (κ2) is 7.14. The molecule has 25 heavy (non-hydrogen) atoms. The second-order valence-corrected chi connectivity index (χ2v) is 6.33. The molecule has 134 valence electrons. The van der Waals surface area contributed by atoms with Gasteiger partial charge in [0.05, 0.1) is 24.9 Å². The van der Waals surface area contributed by atoms with Crippen molar-refractivity contribution in [3.05, 3.63) is 30.0 Å². The molecule has 2 atom stereocenters. The van der Waals surface area contributed by atoms with Gasteiger partial charge in [0.15, 0.2) is 6.61 Å².